The van der Waals surface area contributed by atoms with E-state index in [0.717, 1.165) is 11.6 Å². The second-order valence-electron chi connectivity index (χ2n) is 3.61. The molecule has 18 heavy (non-hydrogen) atoms. The quantitative estimate of drug-likeness (QED) is 0.832. The molecule has 0 aliphatic carbocycles. The lowest BCUT2D eigenvalue weighted by Crippen LogP contribution is -2.02. The Morgan fingerprint density at radius 3 is 3.00 bits per heavy atom. The third-order valence-corrected chi connectivity index (χ3v) is 2.31. The second-order valence-corrected chi connectivity index (χ2v) is 3.61. The monoisotopic (exact) mass is 247 g/mol. The second kappa shape index (κ2) is 5.22. The van der Waals surface area contributed by atoms with E-state index in [1.165, 1.54) is 30.9 Å². The van der Waals surface area contributed by atoms with Crippen LogP contribution in [-0.4, -0.2) is 25.8 Å². The smallest absolute Gasteiger partial charge is 0.328 e. The van der Waals surface area contributed by atoms with Gasteiger partial charge in [0.05, 0.1) is 6.54 Å². The first-order valence-corrected chi connectivity index (χ1v) is 5.17. The maximum atomic E-state index is 13.1. The third-order valence-electron chi connectivity index (χ3n) is 2.31. The highest BCUT2D eigenvalue weighted by Crippen LogP contribution is 2.14. The van der Waals surface area contributed by atoms with Gasteiger partial charge in [0.15, 0.2) is 0 Å². The Morgan fingerprint density at radius 2 is 2.33 bits per heavy atom. The molecule has 0 fully saturated rings. The molecule has 1 heterocycles. The van der Waals surface area contributed by atoms with Crippen LogP contribution in [0.4, 0.5) is 4.39 Å². The summed E-state index contributed by atoms with van der Waals surface area (Å²) in [5.74, 6) is -1.49. The lowest BCUT2D eigenvalue weighted by atomic mass is 10.1. The number of carbonyl (C=O) groups is 1. The van der Waals surface area contributed by atoms with Crippen molar-refractivity contribution < 1.29 is 14.3 Å². The molecule has 2 aromatic rings. The fourth-order valence-electron chi connectivity index (χ4n) is 1.51. The molecule has 0 unspecified atom stereocenters. The number of halogens is 1. The molecular formula is C12H10FN3O2. The summed E-state index contributed by atoms with van der Waals surface area (Å²) in [6.07, 6.45) is 5.27. The van der Waals surface area contributed by atoms with Crippen molar-refractivity contribution in [3.05, 3.63) is 53.9 Å². The van der Waals surface area contributed by atoms with Gasteiger partial charge in [-0.1, -0.05) is 6.07 Å². The maximum Gasteiger partial charge on any atom is 0.328 e. The summed E-state index contributed by atoms with van der Waals surface area (Å²) in [7, 11) is 0. The molecule has 5 nitrogen and oxygen atoms in total. The first kappa shape index (κ1) is 12.0. The van der Waals surface area contributed by atoms with Gasteiger partial charge >= 0.3 is 5.97 Å². The summed E-state index contributed by atoms with van der Waals surface area (Å²) in [6.45, 7) is 0.402. The van der Waals surface area contributed by atoms with Crippen molar-refractivity contribution in [3.8, 4) is 0 Å². The van der Waals surface area contributed by atoms with E-state index < -0.39 is 11.8 Å². The zero-order valence-electron chi connectivity index (χ0n) is 9.32. The number of rotatable bonds is 4. The Kier molecular flexibility index (Phi) is 3.47. The van der Waals surface area contributed by atoms with E-state index >= 15 is 0 Å². The van der Waals surface area contributed by atoms with Gasteiger partial charge in [-0.15, -0.1) is 0 Å². The molecule has 0 saturated carbocycles. The Labute approximate surface area is 102 Å². The SMILES string of the molecule is O=C(O)/C=C/c1cc(F)ccc1Cn1cncn1. The van der Waals surface area contributed by atoms with Gasteiger partial charge in [-0.25, -0.2) is 18.9 Å². The molecule has 0 saturated heterocycles. The zero-order valence-corrected chi connectivity index (χ0v) is 9.32. The van der Waals surface area contributed by atoms with Gasteiger partial charge in [0.25, 0.3) is 0 Å². The van der Waals surface area contributed by atoms with Gasteiger partial charge < -0.3 is 5.11 Å². The Morgan fingerprint density at radius 1 is 1.50 bits per heavy atom. The van der Waals surface area contributed by atoms with E-state index in [0.29, 0.717) is 12.1 Å². The van der Waals surface area contributed by atoms with E-state index in [9.17, 15) is 9.18 Å². The molecule has 0 spiro atoms. The number of aromatic nitrogens is 3. The zero-order chi connectivity index (χ0) is 13.0. The molecule has 0 radical (unpaired) electrons. The van der Waals surface area contributed by atoms with E-state index in [2.05, 4.69) is 10.1 Å². The normalized spacial score (nSPS) is 10.9. The van der Waals surface area contributed by atoms with Crippen LogP contribution in [0.3, 0.4) is 0 Å². The number of carboxylic acids is 1. The molecular weight excluding hydrogens is 237 g/mol. The average molecular weight is 247 g/mol. The number of nitrogens with zero attached hydrogens (tertiary/aromatic N) is 3. The topological polar surface area (TPSA) is 68.0 Å². The van der Waals surface area contributed by atoms with Crippen LogP contribution in [0.2, 0.25) is 0 Å². The van der Waals surface area contributed by atoms with Crippen LogP contribution in [-0.2, 0) is 11.3 Å². The molecule has 1 aromatic heterocycles. The Balaban J connectivity index is 2.31. The first-order valence-electron chi connectivity index (χ1n) is 5.17. The summed E-state index contributed by atoms with van der Waals surface area (Å²) in [5, 5.41) is 12.5. The molecule has 92 valence electrons. The van der Waals surface area contributed by atoms with Gasteiger partial charge in [-0.3, -0.25) is 0 Å². The molecule has 0 atom stereocenters. The lowest BCUT2D eigenvalue weighted by molar-refractivity contribution is -0.131. The highest BCUT2D eigenvalue weighted by Gasteiger charge is 2.04. The average Bonchev–Trinajstić information content (AvgIpc) is 2.82. The molecule has 2 rings (SSSR count). The predicted octanol–water partition coefficient (Wildman–Crippen LogP) is 1.56. The molecule has 6 heteroatoms. The number of hydrogen-bond acceptors (Lipinski definition) is 3. The van der Waals surface area contributed by atoms with Crippen molar-refractivity contribution in [1.29, 1.82) is 0 Å². The number of hydrogen-bond donors (Lipinski definition) is 1. The van der Waals surface area contributed by atoms with Crippen LogP contribution in [0.15, 0.2) is 36.9 Å². The van der Waals surface area contributed by atoms with Crippen LogP contribution < -0.4 is 0 Å². The van der Waals surface area contributed by atoms with E-state index in [4.69, 9.17) is 5.11 Å². The van der Waals surface area contributed by atoms with Gasteiger partial charge in [0.2, 0.25) is 0 Å². The maximum absolute atomic E-state index is 13.1. The number of benzene rings is 1. The standard InChI is InChI=1S/C12H10FN3O2/c13-11-3-1-10(6-16-8-14-7-15-16)9(5-11)2-4-12(17)18/h1-5,7-8H,6H2,(H,17,18)/b4-2+. The van der Waals surface area contributed by atoms with E-state index in [-0.39, 0.29) is 0 Å². The van der Waals surface area contributed by atoms with Crippen molar-refractivity contribution in [2.24, 2.45) is 0 Å². The fraction of sp³-hybridized carbons (Fsp3) is 0.0833. The fourth-order valence-corrected chi connectivity index (χ4v) is 1.51. The van der Waals surface area contributed by atoms with Gasteiger partial charge in [0.1, 0.15) is 18.5 Å². The number of aliphatic carboxylic acids is 1. The van der Waals surface area contributed by atoms with Crippen LogP contribution in [0, 0.1) is 5.82 Å². The third kappa shape index (κ3) is 3.00. The van der Waals surface area contributed by atoms with E-state index in [1.807, 2.05) is 0 Å². The highest BCUT2D eigenvalue weighted by atomic mass is 19.1. The van der Waals surface area contributed by atoms with Crippen molar-refractivity contribution in [1.82, 2.24) is 14.8 Å². The summed E-state index contributed by atoms with van der Waals surface area (Å²) < 4.78 is 14.7. The summed E-state index contributed by atoms with van der Waals surface area (Å²) in [5.41, 5.74) is 1.27. The lowest BCUT2D eigenvalue weighted by Gasteiger charge is -2.06. The van der Waals surface area contributed by atoms with Gasteiger partial charge in [-0.2, -0.15) is 5.10 Å². The van der Waals surface area contributed by atoms with Crippen molar-refractivity contribution in [2.45, 2.75) is 6.54 Å². The predicted molar refractivity (Wildman–Crippen MR) is 62.2 cm³/mol. The minimum absolute atomic E-state index is 0.402. The Hall–Kier alpha value is -2.50. The minimum atomic E-state index is -1.08. The molecule has 0 aliphatic heterocycles. The van der Waals surface area contributed by atoms with E-state index in [1.54, 1.807) is 10.7 Å². The molecule has 0 aliphatic rings. The van der Waals surface area contributed by atoms with Crippen molar-refractivity contribution >= 4 is 12.0 Å². The van der Waals surface area contributed by atoms with Crippen LogP contribution in [0.25, 0.3) is 6.08 Å². The van der Waals surface area contributed by atoms with Crippen molar-refractivity contribution in [2.75, 3.05) is 0 Å². The van der Waals surface area contributed by atoms with Crippen molar-refractivity contribution in [3.63, 3.8) is 0 Å². The van der Waals surface area contributed by atoms with Crippen LogP contribution in [0.5, 0.6) is 0 Å². The van der Waals surface area contributed by atoms with Gasteiger partial charge in [-0.05, 0) is 29.3 Å². The van der Waals surface area contributed by atoms with Crippen LogP contribution in [0.1, 0.15) is 11.1 Å². The summed E-state index contributed by atoms with van der Waals surface area (Å²) in [6, 6.07) is 4.20. The molecule has 0 amide bonds. The van der Waals surface area contributed by atoms with Crippen LogP contribution >= 0.6 is 0 Å². The molecule has 1 aromatic carbocycles. The molecule has 1 N–H and O–H groups in total. The highest BCUT2D eigenvalue weighted by molar-refractivity contribution is 5.85. The number of carboxylic acid groups (broad SMARTS) is 1. The summed E-state index contributed by atoms with van der Waals surface area (Å²) >= 11 is 0. The first-order chi connectivity index (χ1) is 8.65. The Bertz CT molecular complexity index is 579. The summed E-state index contributed by atoms with van der Waals surface area (Å²) in [4.78, 5) is 14.3. The van der Waals surface area contributed by atoms with Gasteiger partial charge in [0, 0.05) is 6.08 Å². The largest absolute Gasteiger partial charge is 0.478 e. The molecule has 0 bridgehead atoms. The minimum Gasteiger partial charge on any atom is -0.478 e.